The quantitative estimate of drug-likeness (QED) is 0.345. The SMILES string of the molecule is O=C(CCCC(=O)N1CCc2ccccc2C1)Nc1cc(-c2ccccc2)nn1-c1ccc(Cl)cc1. The Morgan fingerprint density at radius 2 is 1.61 bits per heavy atom. The van der Waals surface area contributed by atoms with Crippen molar-refractivity contribution in [2.24, 2.45) is 0 Å². The molecule has 0 bridgehead atoms. The van der Waals surface area contributed by atoms with Crippen molar-refractivity contribution in [2.75, 3.05) is 11.9 Å². The number of nitrogens with zero attached hydrogens (tertiary/aromatic N) is 3. The van der Waals surface area contributed by atoms with Crippen molar-refractivity contribution in [1.29, 1.82) is 0 Å². The molecule has 0 spiro atoms. The Labute approximate surface area is 215 Å². The van der Waals surface area contributed by atoms with Gasteiger partial charge in [0.1, 0.15) is 5.82 Å². The highest BCUT2D eigenvalue weighted by atomic mass is 35.5. The smallest absolute Gasteiger partial charge is 0.225 e. The summed E-state index contributed by atoms with van der Waals surface area (Å²) in [5.41, 5.74) is 5.01. The number of amides is 2. The van der Waals surface area contributed by atoms with E-state index in [0.29, 0.717) is 30.2 Å². The van der Waals surface area contributed by atoms with E-state index in [1.807, 2.05) is 65.6 Å². The minimum atomic E-state index is -0.151. The first-order chi connectivity index (χ1) is 17.6. The number of carbonyl (C=O) groups excluding carboxylic acids is 2. The topological polar surface area (TPSA) is 67.2 Å². The zero-order valence-electron chi connectivity index (χ0n) is 19.9. The van der Waals surface area contributed by atoms with Crippen molar-refractivity contribution < 1.29 is 9.59 Å². The first-order valence-corrected chi connectivity index (χ1v) is 12.5. The number of nitrogens with one attached hydrogen (secondary N) is 1. The Morgan fingerprint density at radius 3 is 2.39 bits per heavy atom. The molecule has 0 saturated heterocycles. The third-order valence-electron chi connectivity index (χ3n) is 6.40. The van der Waals surface area contributed by atoms with Crippen LogP contribution in [0.5, 0.6) is 0 Å². The largest absolute Gasteiger partial charge is 0.338 e. The highest BCUT2D eigenvalue weighted by molar-refractivity contribution is 6.30. The highest BCUT2D eigenvalue weighted by Crippen LogP contribution is 2.26. The zero-order valence-corrected chi connectivity index (χ0v) is 20.6. The van der Waals surface area contributed by atoms with Gasteiger partial charge in [0.25, 0.3) is 0 Å². The Kier molecular flexibility index (Phi) is 7.14. The number of halogens is 1. The second kappa shape index (κ2) is 10.8. The number of hydrogen-bond donors (Lipinski definition) is 1. The maximum atomic E-state index is 12.8. The Balaban J connectivity index is 1.22. The van der Waals surface area contributed by atoms with Crippen molar-refractivity contribution in [3.8, 4) is 16.9 Å². The molecule has 0 aliphatic carbocycles. The summed E-state index contributed by atoms with van der Waals surface area (Å²) in [4.78, 5) is 27.5. The van der Waals surface area contributed by atoms with Gasteiger partial charge in [0.05, 0.1) is 11.4 Å². The van der Waals surface area contributed by atoms with Crippen LogP contribution in [0.3, 0.4) is 0 Å². The number of carbonyl (C=O) groups is 2. The van der Waals surface area contributed by atoms with Crippen LogP contribution in [0.1, 0.15) is 30.4 Å². The molecule has 1 aliphatic heterocycles. The summed E-state index contributed by atoms with van der Waals surface area (Å²) in [5, 5.41) is 8.33. The summed E-state index contributed by atoms with van der Waals surface area (Å²) in [6.45, 7) is 1.37. The Morgan fingerprint density at radius 1 is 0.889 bits per heavy atom. The molecule has 5 rings (SSSR count). The molecule has 0 saturated carbocycles. The van der Waals surface area contributed by atoms with Crippen LogP contribution >= 0.6 is 11.6 Å². The molecule has 0 unspecified atom stereocenters. The monoisotopic (exact) mass is 498 g/mol. The van der Waals surface area contributed by atoms with Gasteiger partial charge < -0.3 is 10.2 Å². The molecule has 1 aromatic heterocycles. The predicted octanol–water partition coefficient (Wildman–Crippen LogP) is 5.89. The van der Waals surface area contributed by atoms with Gasteiger partial charge >= 0.3 is 0 Å². The van der Waals surface area contributed by atoms with Gasteiger partial charge in [-0.1, -0.05) is 66.2 Å². The minimum Gasteiger partial charge on any atom is -0.338 e. The summed E-state index contributed by atoms with van der Waals surface area (Å²) in [6, 6.07) is 27.2. The van der Waals surface area contributed by atoms with E-state index in [2.05, 4.69) is 17.4 Å². The number of anilines is 1. The Bertz CT molecular complexity index is 1370. The van der Waals surface area contributed by atoms with Crippen LogP contribution in [0.25, 0.3) is 16.9 Å². The molecule has 0 fully saturated rings. The summed E-state index contributed by atoms with van der Waals surface area (Å²) in [5.74, 6) is 0.511. The molecule has 3 aromatic carbocycles. The van der Waals surface area contributed by atoms with Crippen LogP contribution < -0.4 is 5.32 Å². The van der Waals surface area contributed by atoms with E-state index in [4.69, 9.17) is 16.7 Å². The lowest BCUT2D eigenvalue weighted by molar-refractivity contribution is -0.132. The van der Waals surface area contributed by atoms with Gasteiger partial charge in [-0.05, 0) is 48.2 Å². The van der Waals surface area contributed by atoms with Gasteiger partial charge in [0.2, 0.25) is 11.8 Å². The minimum absolute atomic E-state index is 0.0925. The van der Waals surface area contributed by atoms with Crippen LogP contribution in [0, 0.1) is 0 Å². The molecule has 6 nitrogen and oxygen atoms in total. The first kappa shape index (κ1) is 23.8. The van der Waals surface area contributed by atoms with Gasteiger partial charge in [-0.25, -0.2) is 4.68 Å². The summed E-state index contributed by atoms with van der Waals surface area (Å²) < 4.78 is 1.70. The third-order valence-corrected chi connectivity index (χ3v) is 6.65. The lowest BCUT2D eigenvalue weighted by Crippen LogP contribution is -2.35. The van der Waals surface area contributed by atoms with Gasteiger partial charge in [-0.3, -0.25) is 9.59 Å². The molecular weight excluding hydrogens is 472 g/mol. The number of benzene rings is 3. The molecule has 36 heavy (non-hydrogen) atoms. The molecule has 7 heteroatoms. The standard InChI is InChI=1S/C29H27ClN4O2/c30-24-13-15-25(16-14-24)34-27(19-26(32-34)22-8-2-1-3-9-22)31-28(35)11-6-12-29(36)33-18-17-21-7-4-5-10-23(21)20-33/h1-5,7-10,13-16,19H,6,11-12,17-18,20H2,(H,31,35). The van der Waals surface area contributed by atoms with E-state index in [-0.39, 0.29) is 18.2 Å². The summed E-state index contributed by atoms with van der Waals surface area (Å²) in [6.07, 6.45) is 1.97. The first-order valence-electron chi connectivity index (χ1n) is 12.1. The molecular formula is C29H27ClN4O2. The van der Waals surface area contributed by atoms with Crippen LogP contribution in [0.2, 0.25) is 5.02 Å². The molecule has 0 radical (unpaired) electrons. The highest BCUT2D eigenvalue weighted by Gasteiger charge is 2.20. The molecule has 1 N–H and O–H groups in total. The third kappa shape index (κ3) is 5.50. The second-order valence-electron chi connectivity index (χ2n) is 8.90. The number of fused-ring (bicyclic) bond motifs is 1. The molecule has 182 valence electrons. The fourth-order valence-electron chi connectivity index (χ4n) is 4.47. The van der Waals surface area contributed by atoms with Crippen LogP contribution in [-0.2, 0) is 22.6 Å². The number of aromatic nitrogens is 2. The second-order valence-corrected chi connectivity index (χ2v) is 9.34. The number of rotatable bonds is 7. The van der Waals surface area contributed by atoms with Gasteiger partial charge in [0, 0.05) is 42.6 Å². The van der Waals surface area contributed by atoms with E-state index < -0.39 is 0 Å². The van der Waals surface area contributed by atoms with E-state index in [1.54, 1.807) is 16.8 Å². The Hall–Kier alpha value is -3.90. The summed E-state index contributed by atoms with van der Waals surface area (Å²) >= 11 is 6.06. The summed E-state index contributed by atoms with van der Waals surface area (Å²) in [7, 11) is 0. The fourth-order valence-corrected chi connectivity index (χ4v) is 4.60. The van der Waals surface area contributed by atoms with Crippen molar-refractivity contribution in [3.63, 3.8) is 0 Å². The van der Waals surface area contributed by atoms with Crippen molar-refractivity contribution >= 4 is 29.2 Å². The van der Waals surface area contributed by atoms with Gasteiger partial charge in [0.15, 0.2) is 0 Å². The number of hydrogen-bond acceptors (Lipinski definition) is 3. The maximum Gasteiger partial charge on any atom is 0.225 e. The van der Waals surface area contributed by atoms with E-state index in [1.165, 1.54) is 11.1 Å². The van der Waals surface area contributed by atoms with Crippen molar-refractivity contribution in [3.05, 3.63) is 101 Å². The van der Waals surface area contributed by atoms with E-state index in [0.717, 1.165) is 29.9 Å². The van der Waals surface area contributed by atoms with E-state index in [9.17, 15) is 9.59 Å². The normalized spacial score (nSPS) is 12.8. The van der Waals surface area contributed by atoms with Crippen LogP contribution in [0.4, 0.5) is 5.82 Å². The molecule has 1 aliphatic rings. The van der Waals surface area contributed by atoms with E-state index >= 15 is 0 Å². The average Bonchev–Trinajstić information content (AvgIpc) is 3.32. The molecule has 4 aromatic rings. The zero-order chi connectivity index (χ0) is 24.9. The lowest BCUT2D eigenvalue weighted by Gasteiger charge is -2.29. The molecule has 2 amide bonds. The molecule has 0 atom stereocenters. The fraction of sp³-hybridized carbons (Fsp3) is 0.207. The van der Waals surface area contributed by atoms with Gasteiger partial charge in [-0.15, -0.1) is 0 Å². The lowest BCUT2D eigenvalue weighted by atomic mass is 9.99. The van der Waals surface area contributed by atoms with Crippen LogP contribution in [0.15, 0.2) is 84.9 Å². The maximum absolute atomic E-state index is 12.8. The van der Waals surface area contributed by atoms with Gasteiger partial charge in [-0.2, -0.15) is 5.10 Å². The average molecular weight is 499 g/mol. The molecule has 2 heterocycles. The predicted molar refractivity (Wildman–Crippen MR) is 142 cm³/mol. The van der Waals surface area contributed by atoms with Crippen molar-refractivity contribution in [2.45, 2.75) is 32.2 Å². The van der Waals surface area contributed by atoms with Crippen LogP contribution in [-0.4, -0.2) is 33.0 Å². The van der Waals surface area contributed by atoms with Crippen molar-refractivity contribution in [1.82, 2.24) is 14.7 Å².